The lowest BCUT2D eigenvalue weighted by Crippen LogP contribution is -2.18. The van der Waals surface area contributed by atoms with Gasteiger partial charge in [0.15, 0.2) is 0 Å². The van der Waals surface area contributed by atoms with E-state index >= 15 is 0 Å². The van der Waals surface area contributed by atoms with Gasteiger partial charge in [0.1, 0.15) is 0 Å². The van der Waals surface area contributed by atoms with Crippen molar-refractivity contribution in [2.45, 2.75) is 12.5 Å². The maximum absolute atomic E-state index is 3.50. The predicted molar refractivity (Wildman–Crippen MR) is 86.7 cm³/mol. The van der Waals surface area contributed by atoms with Crippen molar-refractivity contribution in [2.75, 3.05) is 7.05 Å². The fraction of sp³-hybridized carbons (Fsp3) is 0.231. The first kappa shape index (κ1) is 13.5. The van der Waals surface area contributed by atoms with Crippen LogP contribution in [0.1, 0.15) is 16.5 Å². The van der Waals surface area contributed by atoms with Crippen LogP contribution in [0, 0.1) is 3.57 Å². The average Bonchev–Trinajstić information content (AvgIpc) is 2.73. The fourth-order valence-electron chi connectivity index (χ4n) is 1.74. The molecule has 0 spiro atoms. The van der Waals surface area contributed by atoms with Crippen LogP contribution in [0.15, 0.2) is 40.2 Å². The summed E-state index contributed by atoms with van der Waals surface area (Å²) in [6, 6.07) is 11.3. The Kier molecular flexibility index (Phi) is 5.02. The Morgan fingerprint density at radius 3 is 2.59 bits per heavy atom. The summed E-state index contributed by atoms with van der Waals surface area (Å²) in [6.45, 7) is 0. The Bertz CT molecular complexity index is 480. The molecule has 1 aromatic carbocycles. The number of halogens is 2. The number of thiophene rings is 1. The first-order chi connectivity index (χ1) is 8.19. The first-order valence-corrected chi connectivity index (χ1v) is 8.10. The molecule has 0 aliphatic carbocycles. The molecule has 90 valence electrons. The molecule has 2 rings (SSSR count). The Hall–Kier alpha value is 0.0900. The van der Waals surface area contributed by atoms with Crippen LogP contribution in [0.3, 0.4) is 0 Å². The summed E-state index contributed by atoms with van der Waals surface area (Å²) in [5, 5.41) is 5.52. The summed E-state index contributed by atoms with van der Waals surface area (Å²) in [7, 11) is 2.02. The number of benzene rings is 1. The van der Waals surface area contributed by atoms with Crippen molar-refractivity contribution < 1.29 is 0 Å². The van der Waals surface area contributed by atoms with E-state index in [1.807, 2.05) is 7.05 Å². The molecule has 0 aliphatic rings. The van der Waals surface area contributed by atoms with Crippen LogP contribution >= 0.6 is 49.9 Å². The molecule has 17 heavy (non-hydrogen) atoms. The highest BCUT2D eigenvalue weighted by Gasteiger charge is 2.11. The quantitative estimate of drug-likeness (QED) is 0.710. The molecule has 1 heterocycles. The zero-order valence-electron chi connectivity index (χ0n) is 9.41. The van der Waals surface area contributed by atoms with Crippen LogP contribution in [0.25, 0.3) is 0 Å². The van der Waals surface area contributed by atoms with Gasteiger partial charge >= 0.3 is 0 Å². The van der Waals surface area contributed by atoms with Gasteiger partial charge in [-0.3, -0.25) is 0 Å². The van der Waals surface area contributed by atoms with Crippen molar-refractivity contribution in [3.63, 3.8) is 0 Å². The van der Waals surface area contributed by atoms with Crippen LogP contribution in [0.4, 0.5) is 0 Å². The maximum atomic E-state index is 3.50. The predicted octanol–water partition coefficient (Wildman–Crippen LogP) is 4.62. The summed E-state index contributed by atoms with van der Waals surface area (Å²) < 4.78 is 2.45. The van der Waals surface area contributed by atoms with Gasteiger partial charge < -0.3 is 5.32 Å². The minimum Gasteiger partial charge on any atom is -0.313 e. The SMILES string of the molecule is CNC(Cc1cc(Br)cs1)c1ccc(I)cc1. The van der Waals surface area contributed by atoms with E-state index in [-0.39, 0.29) is 0 Å². The number of hydrogen-bond acceptors (Lipinski definition) is 2. The molecule has 0 saturated carbocycles. The van der Waals surface area contributed by atoms with E-state index in [1.54, 1.807) is 11.3 Å². The third kappa shape index (κ3) is 3.77. The number of rotatable bonds is 4. The Morgan fingerprint density at radius 2 is 2.06 bits per heavy atom. The Balaban J connectivity index is 2.13. The van der Waals surface area contributed by atoms with E-state index in [4.69, 9.17) is 0 Å². The van der Waals surface area contributed by atoms with Crippen LogP contribution < -0.4 is 5.32 Å². The molecule has 1 N–H and O–H groups in total. The highest BCUT2D eigenvalue weighted by molar-refractivity contribution is 14.1. The second-order valence-corrected chi connectivity index (χ2v) is 6.99. The smallest absolute Gasteiger partial charge is 0.0366 e. The molecule has 0 fully saturated rings. The van der Waals surface area contributed by atoms with Gasteiger partial charge in [-0.2, -0.15) is 0 Å². The van der Waals surface area contributed by atoms with Gasteiger partial charge in [-0.25, -0.2) is 0 Å². The topological polar surface area (TPSA) is 12.0 Å². The minimum absolute atomic E-state index is 0.387. The van der Waals surface area contributed by atoms with E-state index in [1.165, 1.54) is 18.5 Å². The normalized spacial score (nSPS) is 12.6. The number of likely N-dealkylation sites (N-methyl/N-ethyl adjacent to an activating group) is 1. The summed E-state index contributed by atoms with van der Waals surface area (Å²) in [5.74, 6) is 0. The third-order valence-corrected chi connectivity index (χ3v) is 5.09. The van der Waals surface area contributed by atoms with Gasteiger partial charge in [-0.15, -0.1) is 11.3 Å². The maximum Gasteiger partial charge on any atom is 0.0366 e. The van der Waals surface area contributed by atoms with Gasteiger partial charge in [0.2, 0.25) is 0 Å². The van der Waals surface area contributed by atoms with Crippen molar-refractivity contribution in [3.05, 3.63) is 54.2 Å². The van der Waals surface area contributed by atoms with Gasteiger partial charge in [0, 0.05) is 30.8 Å². The molecule has 1 aromatic heterocycles. The zero-order chi connectivity index (χ0) is 12.3. The Morgan fingerprint density at radius 1 is 1.35 bits per heavy atom. The van der Waals surface area contributed by atoms with E-state index < -0.39 is 0 Å². The average molecular weight is 422 g/mol. The molecule has 0 saturated heterocycles. The number of nitrogens with one attached hydrogen (secondary N) is 1. The molecule has 2 aromatic rings. The lowest BCUT2D eigenvalue weighted by atomic mass is 10.0. The van der Waals surface area contributed by atoms with Crippen molar-refractivity contribution in [1.82, 2.24) is 5.32 Å². The van der Waals surface area contributed by atoms with Crippen molar-refractivity contribution in [2.24, 2.45) is 0 Å². The second-order valence-electron chi connectivity index (χ2n) is 3.83. The lowest BCUT2D eigenvalue weighted by Gasteiger charge is -2.15. The first-order valence-electron chi connectivity index (χ1n) is 5.34. The molecule has 0 amide bonds. The molecule has 1 unspecified atom stereocenters. The summed E-state index contributed by atoms with van der Waals surface area (Å²) in [4.78, 5) is 1.40. The van der Waals surface area contributed by atoms with Gasteiger partial charge in [0.25, 0.3) is 0 Å². The van der Waals surface area contributed by atoms with Crippen molar-refractivity contribution in [1.29, 1.82) is 0 Å². The van der Waals surface area contributed by atoms with E-state index in [0.717, 1.165) is 6.42 Å². The summed E-state index contributed by atoms with van der Waals surface area (Å²) in [6.07, 6.45) is 1.04. The zero-order valence-corrected chi connectivity index (χ0v) is 14.0. The highest BCUT2D eigenvalue weighted by atomic mass is 127. The molecule has 1 nitrogen and oxygen atoms in total. The van der Waals surface area contributed by atoms with Crippen LogP contribution in [0.2, 0.25) is 0 Å². The lowest BCUT2D eigenvalue weighted by molar-refractivity contribution is 0.596. The van der Waals surface area contributed by atoms with Crippen LogP contribution in [-0.2, 0) is 6.42 Å². The van der Waals surface area contributed by atoms with Gasteiger partial charge in [-0.1, -0.05) is 12.1 Å². The summed E-state index contributed by atoms with van der Waals surface area (Å²) in [5.41, 5.74) is 1.34. The molecular formula is C13H13BrINS. The molecule has 4 heteroatoms. The molecule has 0 aliphatic heterocycles. The second kappa shape index (κ2) is 6.31. The monoisotopic (exact) mass is 421 g/mol. The van der Waals surface area contributed by atoms with Crippen LogP contribution in [0.5, 0.6) is 0 Å². The van der Waals surface area contributed by atoms with Gasteiger partial charge in [-0.05, 0) is 69.3 Å². The molecule has 0 radical (unpaired) electrons. The molecular weight excluding hydrogens is 409 g/mol. The number of hydrogen-bond donors (Lipinski definition) is 1. The van der Waals surface area contributed by atoms with E-state index in [9.17, 15) is 0 Å². The highest BCUT2D eigenvalue weighted by Crippen LogP contribution is 2.25. The van der Waals surface area contributed by atoms with E-state index in [0.29, 0.717) is 6.04 Å². The van der Waals surface area contributed by atoms with Crippen LogP contribution in [-0.4, -0.2) is 7.05 Å². The minimum atomic E-state index is 0.387. The van der Waals surface area contributed by atoms with Crippen molar-refractivity contribution in [3.8, 4) is 0 Å². The fourth-order valence-corrected chi connectivity index (χ4v) is 3.60. The molecule has 1 atom stereocenters. The Labute approximate surface area is 128 Å². The van der Waals surface area contributed by atoms with Gasteiger partial charge in [0.05, 0.1) is 0 Å². The summed E-state index contributed by atoms with van der Waals surface area (Å²) >= 11 is 7.64. The van der Waals surface area contributed by atoms with Crippen molar-refractivity contribution >= 4 is 49.9 Å². The standard InChI is InChI=1S/C13H13BrINS/c1-16-13(7-12-6-10(14)8-17-12)9-2-4-11(15)5-3-9/h2-6,8,13,16H,7H2,1H3. The van der Waals surface area contributed by atoms with E-state index in [2.05, 4.69) is 79.5 Å². The molecule has 0 bridgehead atoms. The third-order valence-electron chi connectivity index (χ3n) is 2.65. The largest absolute Gasteiger partial charge is 0.313 e.